The summed E-state index contributed by atoms with van der Waals surface area (Å²) in [5.74, 6) is 0.130. The Morgan fingerprint density at radius 2 is 1.78 bits per heavy atom. The Hall–Kier alpha value is -2.49. The zero-order valence-corrected chi connectivity index (χ0v) is 16.2. The average Bonchev–Trinajstić information content (AvgIpc) is 2.79. The number of pyridine rings is 1. The molecule has 0 unspecified atom stereocenters. The number of halogens is 2. The van der Waals surface area contributed by atoms with Crippen LogP contribution in [0.25, 0.3) is 11.1 Å². The molecule has 4 rings (SSSR count). The molecule has 0 fully saturated rings. The molecule has 0 spiro atoms. The summed E-state index contributed by atoms with van der Waals surface area (Å²) in [4.78, 5) is 21.3. The number of carbonyl (C=O) groups is 1. The molecule has 1 aliphatic rings. The van der Waals surface area contributed by atoms with E-state index in [9.17, 15) is 4.79 Å². The van der Waals surface area contributed by atoms with Crippen molar-refractivity contribution >= 4 is 40.4 Å². The maximum Gasteiger partial charge on any atom is 0.143 e. The molecule has 2 aromatic carbocycles. The van der Waals surface area contributed by atoms with Crippen molar-refractivity contribution < 1.29 is 4.79 Å². The van der Waals surface area contributed by atoms with Crippen LogP contribution in [0, 0.1) is 6.92 Å². The van der Waals surface area contributed by atoms with Gasteiger partial charge < -0.3 is 0 Å². The Kier molecular flexibility index (Phi) is 4.81. The first kappa shape index (κ1) is 17.9. The third-order valence-electron chi connectivity index (χ3n) is 4.65. The van der Waals surface area contributed by atoms with Gasteiger partial charge in [0, 0.05) is 29.6 Å². The fourth-order valence-corrected chi connectivity index (χ4v) is 3.75. The lowest BCUT2D eigenvalue weighted by Crippen LogP contribution is -2.09. The van der Waals surface area contributed by atoms with Crippen molar-refractivity contribution in [3.63, 3.8) is 0 Å². The lowest BCUT2D eigenvalue weighted by Gasteiger charge is -2.10. The summed E-state index contributed by atoms with van der Waals surface area (Å²) >= 11 is 12.1. The number of hydrogen-bond acceptors (Lipinski definition) is 3. The summed E-state index contributed by atoms with van der Waals surface area (Å²) < 4.78 is 0. The fourth-order valence-electron chi connectivity index (χ4n) is 3.35. The van der Waals surface area contributed by atoms with Crippen molar-refractivity contribution in [1.82, 2.24) is 4.98 Å². The van der Waals surface area contributed by atoms with Crippen LogP contribution in [0.1, 0.15) is 23.1 Å². The highest BCUT2D eigenvalue weighted by Crippen LogP contribution is 2.33. The number of aliphatic imine (C=N–C) groups is 1. The number of Topliss-reactive ketones (excluding diaryl/α,β-unsaturated/α-hetero) is 1. The number of aryl methyl sites for hydroxylation is 1. The van der Waals surface area contributed by atoms with Gasteiger partial charge in [-0.2, -0.15) is 0 Å². The maximum absolute atomic E-state index is 12.5. The number of aromatic nitrogens is 1. The number of nitrogens with zero attached hydrogens (tertiary/aromatic N) is 2. The molecule has 0 aliphatic carbocycles. The number of fused-ring (bicyclic) bond motifs is 1. The van der Waals surface area contributed by atoms with Crippen molar-refractivity contribution in [2.45, 2.75) is 19.8 Å². The minimum absolute atomic E-state index is 0.130. The Bertz CT molecular complexity index is 1090. The topological polar surface area (TPSA) is 42.3 Å². The molecular formula is C22H16Cl2N2O. The molecule has 0 saturated carbocycles. The Balaban J connectivity index is 1.79. The molecule has 3 nitrogen and oxygen atoms in total. The van der Waals surface area contributed by atoms with Crippen LogP contribution in [-0.2, 0) is 11.2 Å². The van der Waals surface area contributed by atoms with E-state index >= 15 is 0 Å². The van der Waals surface area contributed by atoms with E-state index in [-0.39, 0.29) is 12.2 Å². The number of carbonyl (C=O) groups excluding carboxylic acids is 1. The van der Waals surface area contributed by atoms with Gasteiger partial charge in [-0.15, -0.1) is 0 Å². The van der Waals surface area contributed by atoms with E-state index in [4.69, 9.17) is 28.2 Å². The number of ketones is 1. The van der Waals surface area contributed by atoms with Gasteiger partial charge in [-0.05, 0) is 65.6 Å². The molecule has 0 saturated heterocycles. The summed E-state index contributed by atoms with van der Waals surface area (Å²) in [6, 6.07) is 15.5. The van der Waals surface area contributed by atoms with Gasteiger partial charge in [0.1, 0.15) is 10.9 Å². The third kappa shape index (κ3) is 3.80. The molecule has 1 aliphatic heterocycles. The van der Waals surface area contributed by atoms with Gasteiger partial charge >= 0.3 is 0 Å². The van der Waals surface area contributed by atoms with Crippen LogP contribution >= 0.6 is 23.2 Å². The predicted molar refractivity (Wildman–Crippen MR) is 110 cm³/mol. The lowest BCUT2D eigenvalue weighted by atomic mass is 9.96. The monoisotopic (exact) mass is 394 g/mol. The van der Waals surface area contributed by atoms with Gasteiger partial charge in [0.2, 0.25) is 0 Å². The molecule has 0 N–H and O–H groups in total. The van der Waals surface area contributed by atoms with Gasteiger partial charge in [-0.3, -0.25) is 9.79 Å². The van der Waals surface area contributed by atoms with Crippen molar-refractivity contribution in [3.8, 4) is 11.1 Å². The van der Waals surface area contributed by atoms with Crippen LogP contribution in [0.3, 0.4) is 0 Å². The van der Waals surface area contributed by atoms with E-state index in [0.717, 1.165) is 39.2 Å². The number of rotatable bonds is 2. The molecule has 134 valence electrons. The molecule has 0 atom stereocenters. The van der Waals surface area contributed by atoms with Gasteiger partial charge in [0.15, 0.2) is 0 Å². The molecule has 5 heteroatoms. The van der Waals surface area contributed by atoms with Crippen LogP contribution in [-0.4, -0.2) is 16.5 Å². The molecule has 1 aromatic heterocycles. The molecule has 0 bridgehead atoms. The van der Waals surface area contributed by atoms with E-state index < -0.39 is 0 Å². The maximum atomic E-state index is 12.5. The lowest BCUT2D eigenvalue weighted by molar-refractivity contribution is -0.117. The Morgan fingerprint density at radius 1 is 0.926 bits per heavy atom. The number of hydrogen-bond donors (Lipinski definition) is 0. The smallest absolute Gasteiger partial charge is 0.143 e. The summed E-state index contributed by atoms with van der Waals surface area (Å²) in [7, 11) is 0. The van der Waals surface area contributed by atoms with Gasteiger partial charge in [-0.1, -0.05) is 35.3 Å². The summed E-state index contributed by atoms with van der Waals surface area (Å²) in [5, 5.41) is 1.10. The highest BCUT2D eigenvalue weighted by Gasteiger charge is 2.19. The summed E-state index contributed by atoms with van der Waals surface area (Å²) in [6.45, 7) is 2.03. The van der Waals surface area contributed by atoms with E-state index in [1.165, 1.54) is 0 Å². The average molecular weight is 395 g/mol. The molecule has 2 heterocycles. The van der Waals surface area contributed by atoms with Crippen LogP contribution in [0.2, 0.25) is 10.2 Å². The van der Waals surface area contributed by atoms with Gasteiger partial charge in [0.25, 0.3) is 0 Å². The van der Waals surface area contributed by atoms with Crippen molar-refractivity contribution in [1.29, 1.82) is 0 Å². The predicted octanol–water partition coefficient (Wildman–Crippen LogP) is 6.00. The molecular weight excluding hydrogens is 379 g/mol. The largest absolute Gasteiger partial charge is 0.299 e. The van der Waals surface area contributed by atoms with Crippen molar-refractivity contribution in [3.05, 3.63) is 81.6 Å². The van der Waals surface area contributed by atoms with Crippen LogP contribution in [0.4, 0.5) is 5.69 Å². The minimum atomic E-state index is 0.130. The van der Waals surface area contributed by atoms with E-state index in [0.29, 0.717) is 16.6 Å². The fraction of sp³-hybridized carbons (Fsp3) is 0.136. The van der Waals surface area contributed by atoms with E-state index in [2.05, 4.69) is 11.1 Å². The quantitative estimate of drug-likeness (QED) is 0.500. The SMILES string of the molecule is Cc1cc(Cl)ccc1-c1ccc2c(c1)CC(=O)CC(c1ccnc(Cl)c1)=N2. The molecule has 0 amide bonds. The van der Waals surface area contributed by atoms with Crippen LogP contribution in [0.5, 0.6) is 0 Å². The van der Waals surface area contributed by atoms with Crippen molar-refractivity contribution in [2.24, 2.45) is 4.99 Å². The third-order valence-corrected chi connectivity index (χ3v) is 5.09. The molecule has 27 heavy (non-hydrogen) atoms. The first-order chi connectivity index (χ1) is 13.0. The van der Waals surface area contributed by atoms with E-state index in [1.54, 1.807) is 12.3 Å². The number of benzene rings is 2. The normalized spacial score (nSPS) is 13.7. The zero-order chi connectivity index (χ0) is 19.0. The first-order valence-electron chi connectivity index (χ1n) is 8.60. The summed E-state index contributed by atoms with van der Waals surface area (Å²) in [5.41, 5.74) is 6.55. The van der Waals surface area contributed by atoms with Gasteiger partial charge in [-0.25, -0.2) is 4.98 Å². The highest BCUT2D eigenvalue weighted by molar-refractivity contribution is 6.30. The Labute approximate surface area is 167 Å². The zero-order valence-electron chi connectivity index (χ0n) is 14.7. The van der Waals surface area contributed by atoms with Crippen LogP contribution in [0.15, 0.2) is 59.7 Å². The van der Waals surface area contributed by atoms with Crippen molar-refractivity contribution in [2.75, 3.05) is 0 Å². The van der Waals surface area contributed by atoms with E-state index in [1.807, 2.05) is 43.3 Å². The summed E-state index contributed by atoms with van der Waals surface area (Å²) in [6.07, 6.45) is 2.27. The first-order valence-corrected chi connectivity index (χ1v) is 9.36. The molecule has 3 aromatic rings. The second kappa shape index (κ2) is 7.26. The van der Waals surface area contributed by atoms with Gasteiger partial charge in [0.05, 0.1) is 11.4 Å². The Morgan fingerprint density at radius 3 is 2.56 bits per heavy atom. The molecule has 0 radical (unpaired) electrons. The standard InChI is InChI=1S/C22H16Cl2N2O/c1-13-8-17(23)3-4-19(13)14-2-5-20-16(9-14)10-18(27)12-21(26-20)15-6-7-25-22(24)11-15/h2-9,11H,10,12H2,1H3. The minimum Gasteiger partial charge on any atom is -0.299 e. The highest BCUT2D eigenvalue weighted by atomic mass is 35.5. The second-order valence-corrected chi connectivity index (χ2v) is 7.44. The van der Waals surface area contributed by atoms with Crippen LogP contribution < -0.4 is 0 Å². The second-order valence-electron chi connectivity index (χ2n) is 6.62.